The van der Waals surface area contributed by atoms with Crippen molar-refractivity contribution in [2.75, 3.05) is 6.61 Å². The van der Waals surface area contributed by atoms with E-state index in [-0.39, 0.29) is 11.4 Å². The molecule has 18 heavy (non-hydrogen) atoms. The first kappa shape index (κ1) is 13.3. The Morgan fingerprint density at radius 2 is 2.17 bits per heavy atom. The smallest absolute Gasteiger partial charge is 0.341 e. The zero-order chi connectivity index (χ0) is 13.0. The quantitative estimate of drug-likeness (QED) is 0.924. The summed E-state index contributed by atoms with van der Waals surface area (Å²) < 4.78 is 6.22. The van der Waals surface area contributed by atoms with Gasteiger partial charge in [-0.3, -0.25) is 0 Å². The van der Waals surface area contributed by atoms with Crippen LogP contribution >= 0.6 is 15.9 Å². The molecule has 1 aromatic rings. The summed E-state index contributed by atoms with van der Waals surface area (Å²) in [7, 11) is 0. The maximum absolute atomic E-state index is 11.1. The second-order valence-electron chi connectivity index (χ2n) is 4.63. The third-order valence-corrected chi connectivity index (χ3v) is 3.66. The fraction of sp³-hybridized carbons (Fsp3) is 0.538. The van der Waals surface area contributed by atoms with Crippen molar-refractivity contribution < 1.29 is 14.6 Å². The van der Waals surface area contributed by atoms with E-state index in [4.69, 9.17) is 9.84 Å². The van der Waals surface area contributed by atoms with E-state index in [1.54, 1.807) is 6.20 Å². The molecule has 1 heterocycles. The van der Waals surface area contributed by atoms with Gasteiger partial charge in [-0.25, -0.2) is 9.78 Å². The van der Waals surface area contributed by atoms with Crippen LogP contribution in [-0.4, -0.2) is 22.7 Å². The number of ether oxygens (including phenoxy) is 1. The molecule has 0 aromatic carbocycles. The van der Waals surface area contributed by atoms with Crippen LogP contribution in [0.2, 0.25) is 0 Å². The number of aromatic carboxylic acids is 1. The number of hydrogen-bond donors (Lipinski definition) is 1. The normalized spacial score (nSPS) is 16.5. The fourth-order valence-corrected chi connectivity index (χ4v) is 2.58. The first-order valence-corrected chi connectivity index (χ1v) is 6.98. The van der Waals surface area contributed by atoms with Crippen molar-refractivity contribution in [3.8, 4) is 5.88 Å². The maximum Gasteiger partial charge on any atom is 0.341 e. The molecular weight excluding hydrogens is 298 g/mol. The van der Waals surface area contributed by atoms with Crippen LogP contribution in [0.3, 0.4) is 0 Å². The van der Waals surface area contributed by atoms with Crippen molar-refractivity contribution in [3.05, 3.63) is 22.3 Å². The van der Waals surface area contributed by atoms with Gasteiger partial charge in [0.05, 0.1) is 6.61 Å². The maximum atomic E-state index is 11.1. The topological polar surface area (TPSA) is 59.4 Å². The van der Waals surface area contributed by atoms with E-state index in [0.29, 0.717) is 17.0 Å². The Kier molecular flexibility index (Phi) is 4.58. The minimum absolute atomic E-state index is 0.111. The standard InChI is InChI=1S/C13H16BrNO3/c14-10-6-11(13(16)17)12(15-7-10)18-8-9-4-2-1-3-5-9/h6-7,9H,1-5,8H2,(H,16,17). The van der Waals surface area contributed by atoms with E-state index in [2.05, 4.69) is 20.9 Å². The van der Waals surface area contributed by atoms with Gasteiger partial charge in [0, 0.05) is 10.7 Å². The van der Waals surface area contributed by atoms with Crippen LogP contribution in [0.15, 0.2) is 16.7 Å². The van der Waals surface area contributed by atoms with Crippen LogP contribution in [-0.2, 0) is 0 Å². The molecule has 1 fully saturated rings. The van der Waals surface area contributed by atoms with Gasteiger partial charge in [-0.2, -0.15) is 0 Å². The number of halogens is 1. The Hall–Kier alpha value is -1.10. The molecule has 0 unspecified atom stereocenters. The second-order valence-corrected chi connectivity index (χ2v) is 5.54. The predicted octanol–water partition coefficient (Wildman–Crippen LogP) is 3.50. The molecule has 1 N–H and O–H groups in total. The average Bonchev–Trinajstić information content (AvgIpc) is 2.38. The molecule has 0 saturated heterocycles. The Bertz CT molecular complexity index is 430. The van der Waals surface area contributed by atoms with E-state index in [1.165, 1.54) is 38.2 Å². The van der Waals surface area contributed by atoms with Crippen LogP contribution in [0, 0.1) is 5.92 Å². The van der Waals surface area contributed by atoms with E-state index in [0.717, 1.165) is 0 Å². The third kappa shape index (κ3) is 3.45. The van der Waals surface area contributed by atoms with Crippen LogP contribution < -0.4 is 4.74 Å². The van der Waals surface area contributed by atoms with Crippen molar-refractivity contribution in [3.63, 3.8) is 0 Å². The van der Waals surface area contributed by atoms with Gasteiger partial charge in [-0.1, -0.05) is 19.3 Å². The number of nitrogens with zero attached hydrogens (tertiary/aromatic N) is 1. The number of aromatic nitrogens is 1. The van der Waals surface area contributed by atoms with Gasteiger partial charge in [0.15, 0.2) is 0 Å². The minimum atomic E-state index is -1.01. The summed E-state index contributed by atoms with van der Waals surface area (Å²) in [6.45, 7) is 0.564. The highest BCUT2D eigenvalue weighted by Crippen LogP contribution is 2.26. The summed E-state index contributed by atoms with van der Waals surface area (Å²) in [5, 5.41) is 9.09. The lowest BCUT2D eigenvalue weighted by molar-refractivity contribution is 0.0689. The summed E-state index contributed by atoms with van der Waals surface area (Å²) in [4.78, 5) is 15.1. The number of pyridine rings is 1. The highest BCUT2D eigenvalue weighted by molar-refractivity contribution is 9.10. The molecule has 98 valence electrons. The monoisotopic (exact) mass is 313 g/mol. The first-order chi connectivity index (χ1) is 8.66. The number of carboxylic acids is 1. The first-order valence-electron chi connectivity index (χ1n) is 6.18. The largest absolute Gasteiger partial charge is 0.477 e. The second kappa shape index (κ2) is 6.18. The molecule has 1 aliphatic carbocycles. The Balaban J connectivity index is 2.01. The van der Waals surface area contributed by atoms with Gasteiger partial charge in [0.2, 0.25) is 5.88 Å². The predicted molar refractivity (Wildman–Crippen MR) is 71.0 cm³/mol. The number of hydrogen-bond acceptors (Lipinski definition) is 3. The van der Waals surface area contributed by atoms with Crippen LogP contribution in [0.4, 0.5) is 0 Å². The van der Waals surface area contributed by atoms with Gasteiger partial charge in [-0.15, -0.1) is 0 Å². The Morgan fingerprint density at radius 3 is 2.83 bits per heavy atom. The molecule has 0 radical (unpaired) electrons. The minimum Gasteiger partial charge on any atom is -0.477 e. The molecule has 1 aliphatic rings. The van der Waals surface area contributed by atoms with Crippen molar-refractivity contribution in [2.45, 2.75) is 32.1 Å². The van der Waals surface area contributed by atoms with Crippen molar-refractivity contribution in [2.24, 2.45) is 5.92 Å². The van der Waals surface area contributed by atoms with Gasteiger partial charge in [0.25, 0.3) is 0 Å². The van der Waals surface area contributed by atoms with Gasteiger partial charge in [-0.05, 0) is 40.8 Å². The van der Waals surface area contributed by atoms with Crippen molar-refractivity contribution in [1.29, 1.82) is 0 Å². The molecule has 4 nitrogen and oxygen atoms in total. The molecule has 0 atom stereocenters. The number of carbonyl (C=O) groups is 1. The van der Waals surface area contributed by atoms with Crippen molar-refractivity contribution >= 4 is 21.9 Å². The van der Waals surface area contributed by atoms with Crippen molar-refractivity contribution in [1.82, 2.24) is 4.98 Å². The Labute approximate surface area is 115 Å². The zero-order valence-corrected chi connectivity index (χ0v) is 11.6. The van der Waals surface area contributed by atoms with Gasteiger partial charge < -0.3 is 9.84 Å². The highest BCUT2D eigenvalue weighted by atomic mass is 79.9. The highest BCUT2D eigenvalue weighted by Gasteiger charge is 2.17. The van der Waals surface area contributed by atoms with Crippen LogP contribution in [0.5, 0.6) is 5.88 Å². The summed E-state index contributed by atoms with van der Waals surface area (Å²) in [6, 6.07) is 1.52. The van der Waals surface area contributed by atoms with Gasteiger partial charge in [0.1, 0.15) is 5.56 Å². The SMILES string of the molecule is O=C(O)c1cc(Br)cnc1OCC1CCCCC1. The molecule has 0 bridgehead atoms. The molecule has 1 saturated carbocycles. The van der Waals surface area contributed by atoms with E-state index < -0.39 is 5.97 Å². The Morgan fingerprint density at radius 1 is 1.44 bits per heavy atom. The van der Waals surface area contributed by atoms with E-state index >= 15 is 0 Å². The molecular formula is C13H16BrNO3. The molecule has 0 spiro atoms. The lowest BCUT2D eigenvalue weighted by Crippen LogP contribution is -2.17. The van der Waals surface area contributed by atoms with E-state index in [9.17, 15) is 4.79 Å². The molecule has 0 aliphatic heterocycles. The summed E-state index contributed by atoms with van der Waals surface area (Å²) in [5.74, 6) is -0.260. The fourth-order valence-electron chi connectivity index (χ4n) is 2.25. The number of carboxylic acid groups (broad SMARTS) is 1. The lowest BCUT2D eigenvalue weighted by Gasteiger charge is -2.21. The summed E-state index contributed by atoms with van der Waals surface area (Å²) in [5.41, 5.74) is 0.111. The average molecular weight is 314 g/mol. The van der Waals surface area contributed by atoms with E-state index in [1.807, 2.05) is 0 Å². The third-order valence-electron chi connectivity index (χ3n) is 3.23. The number of rotatable bonds is 4. The zero-order valence-electron chi connectivity index (χ0n) is 10.1. The van der Waals surface area contributed by atoms with Gasteiger partial charge >= 0.3 is 5.97 Å². The summed E-state index contributed by atoms with van der Waals surface area (Å²) in [6.07, 6.45) is 7.68. The van der Waals surface area contributed by atoms with Crippen LogP contribution in [0.25, 0.3) is 0 Å². The molecule has 5 heteroatoms. The molecule has 2 rings (SSSR count). The molecule has 0 amide bonds. The summed E-state index contributed by atoms with van der Waals surface area (Å²) >= 11 is 3.21. The van der Waals surface area contributed by atoms with Crippen LogP contribution in [0.1, 0.15) is 42.5 Å². The lowest BCUT2D eigenvalue weighted by atomic mass is 9.90. The molecule has 1 aromatic heterocycles.